The molecule has 1 amide bonds. The molecule has 1 aromatic carbocycles. The highest BCUT2D eigenvalue weighted by Gasteiger charge is 2.38. The third kappa shape index (κ3) is 3.19. The van der Waals surface area contributed by atoms with Crippen molar-refractivity contribution in [3.05, 3.63) is 48.4 Å². The van der Waals surface area contributed by atoms with Crippen molar-refractivity contribution in [1.82, 2.24) is 4.90 Å². The lowest BCUT2D eigenvalue weighted by Crippen LogP contribution is -2.37. The van der Waals surface area contributed by atoms with E-state index in [2.05, 4.69) is 0 Å². The van der Waals surface area contributed by atoms with Crippen LogP contribution < -0.4 is 0 Å². The van der Waals surface area contributed by atoms with Gasteiger partial charge < -0.3 is 19.2 Å². The standard InChI is InChI=1S/C18H19NO5/c1-23-14-9-13(10-16(20)21)19(11-14)18(22)17-15(7-8-24-17)12-5-3-2-4-6-12/h2-8,13-14H,9-11H2,1H3,(H,20,21). The van der Waals surface area contributed by atoms with Crippen molar-refractivity contribution >= 4 is 11.9 Å². The Balaban J connectivity index is 1.88. The van der Waals surface area contributed by atoms with E-state index in [0.29, 0.717) is 18.5 Å². The average molecular weight is 329 g/mol. The summed E-state index contributed by atoms with van der Waals surface area (Å²) in [7, 11) is 1.57. The Bertz CT molecular complexity index is 724. The number of hydrogen-bond donors (Lipinski definition) is 1. The van der Waals surface area contributed by atoms with Gasteiger partial charge in [0, 0.05) is 25.3 Å². The highest BCUT2D eigenvalue weighted by molar-refractivity contribution is 5.98. The van der Waals surface area contributed by atoms with Crippen molar-refractivity contribution in [2.24, 2.45) is 0 Å². The Morgan fingerprint density at radius 2 is 2.04 bits per heavy atom. The molecule has 1 aliphatic heterocycles. The van der Waals surface area contributed by atoms with Crippen LogP contribution in [0.5, 0.6) is 0 Å². The van der Waals surface area contributed by atoms with Gasteiger partial charge in [0.1, 0.15) is 0 Å². The summed E-state index contributed by atoms with van der Waals surface area (Å²) in [4.78, 5) is 25.6. The van der Waals surface area contributed by atoms with E-state index in [0.717, 1.165) is 5.56 Å². The first-order valence-electron chi connectivity index (χ1n) is 7.78. The normalized spacial score (nSPS) is 20.3. The van der Waals surface area contributed by atoms with Gasteiger partial charge in [0.2, 0.25) is 0 Å². The van der Waals surface area contributed by atoms with E-state index in [9.17, 15) is 9.59 Å². The topological polar surface area (TPSA) is 80.0 Å². The minimum absolute atomic E-state index is 0.104. The van der Waals surface area contributed by atoms with E-state index in [1.807, 2.05) is 30.3 Å². The molecule has 1 fully saturated rings. The van der Waals surface area contributed by atoms with Crippen LogP contribution in [0.2, 0.25) is 0 Å². The zero-order valence-corrected chi connectivity index (χ0v) is 13.3. The fraction of sp³-hybridized carbons (Fsp3) is 0.333. The Hall–Kier alpha value is -2.60. The molecule has 2 aromatic rings. The number of carbonyl (C=O) groups is 2. The molecule has 0 bridgehead atoms. The number of aliphatic carboxylic acids is 1. The highest BCUT2D eigenvalue weighted by atomic mass is 16.5. The summed E-state index contributed by atoms with van der Waals surface area (Å²) in [6.07, 6.45) is 1.72. The summed E-state index contributed by atoms with van der Waals surface area (Å²) in [5.41, 5.74) is 1.59. The number of ether oxygens (including phenoxy) is 1. The molecule has 2 heterocycles. The van der Waals surface area contributed by atoms with Gasteiger partial charge in [-0.15, -0.1) is 0 Å². The number of likely N-dealkylation sites (tertiary alicyclic amines) is 1. The third-order valence-electron chi connectivity index (χ3n) is 4.32. The van der Waals surface area contributed by atoms with E-state index >= 15 is 0 Å². The van der Waals surface area contributed by atoms with E-state index < -0.39 is 12.0 Å². The molecule has 6 nitrogen and oxygen atoms in total. The summed E-state index contributed by atoms with van der Waals surface area (Å²) in [6, 6.07) is 10.8. The second-order valence-corrected chi connectivity index (χ2v) is 5.83. The van der Waals surface area contributed by atoms with E-state index in [4.69, 9.17) is 14.3 Å². The average Bonchev–Trinajstić information content (AvgIpc) is 3.21. The minimum atomic E-state index is -0.933. The smallest absolute Gasteiger partial charge is 0.305 e. The lowest BCUT2D eigenvalue weighted by molar-refractivity contribution is -0.138. The maximum atomic E-state index is 12.9. The number of amides is 1. The summed E-state index contributed by atoms with van der Waals surface area (Å²) < 4.78 is 10.8. The molecule has 0 radical (unpaired) electrons. The van der Waals surface area contributed by atoms with E-state index in [1.54, 1.807) is 18.1 Å². The molecule has 1 N–H and O–H groups in total. The fourth-order valence-corrected chi connectivity index (χ4v) is 3.14. The van der Waals surface area contributed by atoms with Crippen LogP contribution in [0.4, 0.5) is 0 Å². The summed E-state index contributed by atoms with van der Waals surface area (Å²) in [5.74, 6) is -1.00. The molecule has 3 rings (SSSR count). The summed E-state index contributed by atoms with van der Waals surface area (Å²) in [6.45, 7) is 0.363. The minimum Gasteiger partial charge on any atom is -0.481 e. The second-order valence-electron chi connectivity index (χ2n) is 5.83. The molecule has 1 saturated heterocycles. The largest absolute Gasteiger partial charge is 0.481 e. The van der Waals surface area contributed by atoms with Crippen molar-refractivity contribution in [3.63, 3.8) is 0 Å². The Labute approximate surface area is 139 Å². The van der Waals surface area contributed by atoms with Gasteiger partial charge in [0.25, 0.3) is 5.91 Å². The number of hydrogen-bond acceptors (Lipinski definition) is 4. The third-order valence-corrected chi connectivity index (χ3v) is 4.32. The monoisotopic (exact) mass is 329 g/mol. The SMILES string of the molecule is COC1CC(CC(=O)O)N(C(=O)c2occc2-c2ccccc2)C1. The molecule has 6 heteroatoms. The molecule has 24 heavy (non-hydrogen) atoms. The van der Waals surface area contributed by atoms with Gasteiger partial charge >= 0.3 is 5.97 Å². The van der Waals surface area contributed by atoms with Crippen LogP contribution in [0.1, 0.15) is 23.4 Å². The number of benzene rings is 1. The Morgan fingerprint density at radius 3 is 2.71 bits per heavy atom. The number of carboxylic acid groups (broad SMARTS) is 1. The predicted octanol–water partition coefficient (Wildman–Crippen LogP) is 2.65. The van der Waals surface area contributed by atoms with Crippen LogP contribution in [0.3, 0.4) is 0 Å². The Kier molecular flexibility index (Phi) is 4.66. The highest BCUT2D eigenvalue weighted by Crippen LogP contribution is 2.30. The number of methoxy groups -OCH3 is 1. The first-order valence-corrected chi connectivity index (χ1v) is 7.78. The van der Waals surface area contributed by atoms with Gasteiger partial charge in [-0.25, -0.2) is 0 Å². The molecule has 1 aromatic heterocycles. The van der Waals surface area contributed by atoms with E-state index in [-0.39, 0.29) is 24.2 Å². The van der Waals surface area contributed by atoms with Gasteiger partial charge in [-0.1, -0.05) is 30.3 Å². The van der Waals surface area contributed by atoms with Crippen LogP contribution in [0.15, 0.2) is 47.1 Å². The predicted molar refractivity (Wildman–Crippen MR) is 86.6 cm³/mol. The quantitative estimate of drug-likeness (QED) is 0.912. The zero-order chi connectivity index (χ0) is 17.1. The number of carboxylic acids is 1. The van der Waals surface area contributed by atoms with E-state index in [1.165, 1.54) is 6.26 Å². The maximum absolute atomic E-state index is 12.9. The van der Waals surface area contributed by atoms with Crippen molar-refractivity contribution in [1.29, 1.82) is 0 Å². The molecule has 1 aliphatic rings. The number of carbonyl (C=O) groups excluding carboxylic acids is 1. The molecule has 126 valence electrons. The van der Waals surface area contributed by atoms with Crippen LogP contribution >= 0.6 is 0 Å². The maximum Gasteiger partial charge on any atom is 0.305 e. The number of furan rings is 1. The van der Waals surface area contributed by atoms with Crippen LogP contribution in [-0.4, -0.2) is 47.7 Å². The van der Waals surface area contributed by atoms with Gasteiger partial charge in [-0.3, -0.25) is 9.59 Å². The summed E-state index contributed by atoms with van der Waals surface area (Å²) >= 11 is 0. The zero-order valence-electron chi connectivity index (χ0n) is 13.3. The van der Waals surface area contributed by atoms with Crippen LogP contribution in [-0.2, 0) is 9.53 Å². The Morgan fingerprint density at radius 1 is 1.29 bits per heavy atom. The van der Waals surface area contributed by atoms with Crippen molar-refractivity contribution in [2.75, 3.05) is 13.7 Å². The molecule has 2 atom stereocenters. The molecule has 0 spiro atoms. The lowest BCUT2D eigenvalue weighted by atomic mass is 10.1. The van der Waals surface area contributed by atoms with Crippen molar-refractivity contribution in [2.45, 2.75) is 25.0 Å². The molecular weight excluding hydrogens is 310 g/mol. The van der Waals surface area contributed by atoms with Gasteiger partial charge in [-0.05, 0) is 18.1 Å². The van der Waals surface area contributed by atoms with Crippen LogP contribution in [0.25, 0.3) is 11.1 Å². The fourth-order valence-electron chi connectivity index (χ4n) is 3.14. The molecule has 0 saturated carbocycles. The second kappa shape index (κ2) is 6.88. The number of rotatable bonds is 5. The lowest BCUT2D eigenvalue weighted by Gasteiger charge is -2.22. The molecule has 2 unspecified atom stereocenters. The number of nitrogens with zero attached hydrogens (tertiary/aromatic N) is 1. The molecule has 0 aliphatic carbocycles. The first kappa shape index (κ1) is 16.3. The van der Waals surface area contributed by atoms with Crippen molar-refractivity contribution < 1.29 is 23.8 Å². The van der Waals surface area contributed by atoms with Gasteiger partial charge in [0.15, 0.2) is 5.76 Å². The van der Waals surface area contributed by atoms with Gasteiger partial charge in [0.05, 0.1) is 18.8 Å². The summed E-state index contributed by atoms with van der Waals surface area (Å²) in [5, 5.41) is 9.09. The molecular formula is C18H19NO5. The first-order chi connectivity index (χ1) is 11.6. The van der Waals surface area contributed by atoms with Gasteiger partial charge in [-0.2, -0.15) is 0 Å². The van der Waals surface area contributed by atoms with Crippen molar-refractivity contribution in [3.8, 4) is 11.1 Å². The van der Waals surface area contributed by atoms with Crippen LogP contribution in [0, 0.1) is 0 Å².